The molecule has 0 aliphatic carbocycles. The second kappa shape index (κ2) is 6.73. The largest absolute Gasteiger partial charge is 0.325 e. The summed E-state index contributed by atoms with van der Waals surface area (Å²) >= 11 is 0. The highest BCUT2D eigenvalue weighted by Gasteiger charge is 2.19. The molecule has 1 N–H and O–H groups in total. The van der Waals surface area contributed by atoms with Gasteiger partial charge in [0.25, 0.3) is 5.69 Å². The van der Waals surface area contributed by atoms with Crippen molar-refractivity contribution in [3.63, 3.8) is 0 Å². The van der Waals surface area contributed by atoms with E-state index in [4.69, 9.17) is 0 Å². The summed E-state index contributed by atoms with van der Waals surface area (Å²) in [6, 6.07) is 18.2. The number of amides is 1. The topological polar surface area (TPSA) is 72.2 Å². The molecule has 0 radical (unpaired) electrons. The number of aryl methyl sites for hydroxylation is 1. The predicted octanol–water partition coefficient (Wildman–Crippen LogP) is 4.80. The van der Waals surface area contributed by atoms with Crippen molar-refractivity contribution in [2.75, 3.05) is 5.32 Å². The molecule has 3 aromatic carbocycles. The molecule has 1 unspecified atom stereocenters. The third-order valence-electron chi connectivity index (χ3n) is 4.37. The molecule has 126 valence electrons. The van der Waals surface area contributed by atoms with Crippen LogP contribution < -0.4 is 5.32 Å². The highest BCUT2D eigenvalue weighted by Crippen LogP contribution is 2.28. The van der Waals surface area contributed by atoms with Crippen LogP contribution in [0.1, 0.15) is 24.0 Å². The number of non-ortho nitro benzene ring substituents is 1. The summed E-state index contributed by atoms with van der Waals surface area (Å²) in [5.41, 5.74) is 2.13. The van der Waals surface area contributed by atoms with Crippen molar-refractivity contribution < 1.29 is 9.72 Å². The van der Waals surface area contributed by atoms with Gasteiger partial charge in [0.2, 0.25) is 5.91 Å². The van der Waals surface area contributed by atoms with Gasteiger partial charge in [0.1, 0.15) is 0 Å². The first-order valence-electron chi connectivity index (χ1n) is 8.01. The molecule has 5 heteroatoms. The van der Waals surface area contributed by atoms with Gasteiger partial charge in [-0.3, -0.25) is 14.9 Å². The first-order valence-corrected chi connectivity index (χ1v) is 8.01. The highest BCUT2D eigenvalue weighted by atomic mass is 16.6. The zero-order valence-corrected chi connectivity index (χ0v) is 14.0. The van der Waals surface area contributed by atoms with Crippen molar-refractivity contribution >= 4 is 28.1 Å². The summed E-state index contributed by atoms with van der Waals surface area (Å²) in [6.07, 6.45) is 0. The van der Waals surface area contributed by atoms with E-state index in [1.165, 1.54) is 12.1 Å². The Morgan fingerprint density at radius 1 is 1.08 bits per heavy atom. The van der Waals surface area contributed by atoms with E-state index in [0.29, 0.717) is 5.69 Å². The van der Waals surface area contributed by atoms with Crippen LogP contribution in [0.25, 0.3) is 10.8 Å². The zero-order chi connectivity index (χ0) is 18.0. The number of nitro groups is 1. The summed E-state index contributed by atoms with van der Waals surface area (Å²) in [5.74, 6) is -0.579. The van der Waals surface area contributed by atoms with Crippen molar-refractivity contribution in [1.29, 1.82) is 0 Å². The molecule has 0 saturated carbocycles. The molecule has 0 aliphatic rings. The van der Waals surface area contributed by atoms with Gasteiger partial charge in [0, 0.05) is 12.1 Å². The average Bonchev–Trinajstić information content (AvgIpc) is 2.62. The van der Waals surface area contributed by atoms with E-state index in [2.05, 4.69) is 5.32 Å². The fourth-order valence-electron chi connectivity index (χ4n) is 2.87. The Morgan fingerprint density at radius 3 is 2.56 bits per heavy atom. The van der Waals surface area contributed by atoms with Gasteiger partial charge < -0.3 is 5.32 Å². The molecular formula is C20H18N2O3. The Bertz CT molecular complexity index is 961. The third-order valence-corrected chi connectivity index (χ3v) is 4.37. The van der Waals surface area contributed by atoms with Gasteiger partial charge in [-0.25, -0.2) is 0 Å². The monoisotopic (exact) mass is 334 g/mol. The van der Waals surface area contributed by atoms with Gasteiger partial charge >= 0.3 is 0 Å². The van der Waals surface area contributed by atoms with E-state index < -0.39 is 4.92 Å². The van der Waals surface area contributed by atoms with E-state index in [1.807, 2.05) is 56.3 Å². The molecule has 0 heterocycles. The number of carbonyl (C=O) groups excluding carboxylic acids is 1. The average molecular weight is 334 g/mol. The van der Waals surface area contributed by atoms with E-state index in [0.717, 1.165) is 21.9 Å². The minimum atomic E-state index is -0.469. The molecule has 25 heavy (non-hydrogen) atoms. The minimum Gasteiger partial charge on any atom is -0.325 e. The lowest BCUT2D eigenvalue weighted by Crippen LogP contribution is -2.19. The SMILES string of the molecule is Cc1ccc([N+](=O)[O-])cc1NC(=O)C(C)c1cccc2ccccc12. The molecule has 0 bridgehead atoms. The number of benzene rings is 3. The number of nitro benzene ring substituents is 1. The third kappa shape index (κ3) is 3.35. The number of hydrogen-bond acceptors (Lipinski definition) is 3. The van der Waals surface area contributed by atoms with E-state index in [9.17, 15) is 14.9 Å². The van der Waals surface area contributed by atoms with Crippen LogP contribution in [0.2, 0.25) is 0 Å². The molecular weight excluding hydrogens is 316 g/mol. The lowest BCUT2D eigenvalue weighted by Gasteiger charge is -2.16. The van der Waals surface area contributed by atoms with Crippen molar-refractivity contribution in [1.82, 2.24) is 0 Å². The Balaban J connectivity index is 1.91. The van der Waals surface area contributed by atoms with Gasteiger partial charge in [0.05, 0.1) is 16.5 Å². The summed E-state index contributed by atoms with van der Waals surface area (Å²) in [5, 5.41) is 15.9. The molecule has 3 rings (SSSR count). The van der Waals surface area contributed by atoms with Crippen LogP contribution in [-0.4, -0.2) is 10.8 Å². The standard InChI is InChI=1S/C20H18N2O3/c1-13-10-11-16(22(24)25)12-19(13)21-20(23)14(2)17-9-5-7-15-6-3-4-8-18(15)17/h3-12,14H,1-2H3,(H,21,23). The predicted molar refractivity (Wildman–Crippen MR) is 98.8 cm³/mol. The van der Waals surface area contributed by atoms with E-state index in [1.54, 1.807) is 6.07 Å². The number of rotatable bonds is 4. The Kier molecular flexibility index (Phi) is 4.48. The van der Waals surface area contributed by atoms with Gasteiger partial charge in [-0.1, -0.05) is 48.5 Å². The number of fused-ring (bicyclic) bond motifs is 1. The fraction of sp³-hybridized carbons (Fsp3) is 0.150. The van der Waals surface area contributed by atoms with Gasteiger partial charge in [0.15, 0.2) is 0 Å². The maximum atomic E-state index is 12.7. The van der Waals surface area contributed by atoms with Crippen LogP contribution >= 0.6 is 0 Å². The lowest BCUT2D eigenvalue weighted by atomic mass is 9.94. The Labute approximate surface area is 145 Å². The maximum absolute atomic E-state index is 12.7. The van der Waals surface area contributed by atoms with Crippen molar-refractivity contribution in [2.45, 2.75) is 19.8 Å². The van der Waals surface area contributed by atoms with E-state index >= 15 is 0 Å². The molecule has 3 aromatic rings. The van der Waals surface area contributed by atoms with E-state index in [-0.39, 0.29) is 17.5 Å². The molecule has 1 amide bonds. The van der Waals surface area contributed by atoms with Crippen LogP contribution in [0, 0.1) is 17.0 Å². The quantitative estimate of drug-likeness (QED) is 0.550. The van der Waals surface area contributed by atoms with Gasteiger partial charge in [-0.15, -0.1) is 0 Å². The van der Waals surface area contributed by atoms with Crippen molar-refractivity contribution in [3.05, 3.63) is 81.9 Å². The number of nitrogens with zero attached hydrogens (tertiary/aromatic N) is 1. The van der Waals surface area contributed by atoms with Crippen LogP contribution in [0.3, 0.4) is 0 Å². The maximum Gasteiger partial charge on any atom is 0.271 e. The minimum absolute atomic E-state index is 0.0429. The van der Waals surface area contributed by atoms with Gasteiger partial charge in [-0.2, -0.15) is 0 Å². The highest BCUT2D eigenvalue weighted by molar-refractivity contribution is 5.99. The molecule has 0 aliphatic heterocycles. The summed E-state index contributed by atoms with van der Waals surface area (Å²) in [6.45, 7) is 3.64. The number of carbonyl (C=O) groups is 1. The lowest BCUT2D eigenvalue weighted by molar-refractivity contribution is -0.384. The van der Waals surface area contributed by atoms with Crippen LogP contribution in [0.4, 0.5) is 11.4 Å². The molecule has 0 fully saturated rings. The summed E-state index contributed by atoms with van der Waals surface area (Å²) in [7, 11) is 0. The molecule has 5 nitrogen and oxygen atoms in total. The first-order chi connectivity index (χ1) is 12.0. The molecule has 1 atom stereocenters. The first kappa shape index (κ1) is 16.6. The second-order valence-corrected chi connectivity index (χ2v) is 6.04. The Hall–Kier alpha value is -3.21. The zero-order valence-electron chi connectivity index (χ0n) is 14.0. The number of hydrogen-bond donors (Lipinski definition) is 1. The normalized spacial score (nSPS) is 11.9. The Morgan fingerprint density at radius 2 is 1.80 bits per heavy atom. The van der Waals surface area contributed by atoms with Crippen molar-refractivity contribution in [2.24, 2.45) is 0 Å². The molecule has 0 aromatic heterocycles. The van der Waals surface area contributed by atoms with Crippen LogP contribution in [0.15, 0.2) is 60.7 Å². The second-order valence-electron chi connectivity index (χ2n) is 6.04. The summed E-state index contributed by atoms with van der Waals surface area (Å²) < 4.78 is 0. The van der Waals surface area contributed by atoms with Gasteiger partial charge in [-0.05, 0) is 35.7 Å². The number of anilines is 1. The van der Waals surface area contributed by atoms with Crippen LogP contribution in [0.5, 0.6) is 0 Å². The fourth-order valence-corrected chi connectivity index (χ4v) is 2.87. The number of nitrogens with one attached hydrogen (secondary N) is 1. The summed E-state index contributed by atoms with van der Waals surface area (Å²) in [4.78, 5) is 23.2. The smallest absolute Gasteiger partial charge is 0.271 e. The van der Waals surface area contributed by atoms with Crippen molar-refractivity contribution in [3.8, 4) is 0 Å². The molecule has 0 saturated heterocycles. The van der Waals surface area contributed by atoms with Crippen LogP contribution in [-0.2, 0) is 4.79 Å². The molecule has 0 spiro atoms.